The van der Waals surface area contributed by atoms with Gasteiger partial charge in [0.2, 0.25) is 0 Å². The van der Waals surface area contributed by atoms with E-state index in [0.717, 1.165) is 52.6 Å². The molecule has 0 saturated carbocycles. The van der Waals surface area contributed by atoms with Crippen LogP contribution in [0.4, 0.5) is 0 Å². The number of nitrogens with zero attached hydrogens (tertiary/aromatic N) is 1. The Morgan fingerprint density at radius 2 is 1.65 bits per heavy atom. The molecular weight excluding hydrogens is 340 g/mol. The van der Waals surface area contributed by atoms with E-state index < -0.39 is 5.97 Å². The molecule has 0 unspecified atom stereocenters. The van der Waals surface area contributed by atoms with Gasteiger partial charge in [-0.15, -0.1) is 6.42 Å². The van der Waals surface area contributed by atoms with E-state index in [4.69, 9.17) is 14.2 Å². The minimum Gasteiger partial charge on any atom is -0.463 e. The predicted molar refractivity (Wildman–Crippen MR) is 97.3 cm³/mol. The SMILES string of the molecule is C#CC(=O)OCC.C1COCCN1.CCOC(=O)/C=C/N1CCOCC1. The first kappa shape index (κ1) is 23.9. The number of hydrogen-bond acceptors (Lipinski definition) is 8. The van der Waals surface area contributed by atoms with Gasteiger partial charge < -0.3 is 29.2 Å². The molecule has 8 nitrogen and oxygen atoms in total. The van der Waals surface area contributed by atoms with Gasteiger partial charge in [0.05, 0.1) is 39.6 Å². The zero-order valence-electron chi connectivity index (χ0n) is 15.7. The van der Waals surface area contributed by atoms with E-state index in [1.54, 1.807) is 26.0 Å². The molecule has 148 valence electrons. The molecule has 0 amide bonds. The highest BCUT2D eigenvalue weighted by Gasteiger charge is 2.05. The highest BCUT2D eigenvalue weighted by molar-refractivity contribution is 5.87. The molecule has 0 radical (unpaired) electrons. The fraction of sp³-hybridized carbons (Fsp3) is 0.667. The van der Waals surface area contributed by atoms with Crippen LogP contribution < -0.4 is 5.32 Å². The van der Waals surface area contributed by atoms with Crippen LogP contribution in [0.3, 0.4) is 0 Å². The number of nitrogens with one attached hydrogen (secondary N) is 1. The van der Waals surface area contributed by atoms with Crippen molar-refractivity contribution < 1.29 is 28.5 Å². The van der Waals surface area contributed by atoms with Crippen molar-refractivity contribution in [2.24, 2.45) is 0 Å². The molecule has 0 atom stereocenters. The van der Waals surface area contributed by atoms with Crippen molar-refractivity contribution in [3.8, 4) is 12.3 Å². The van der Waals surface area contributed by atoms with E-state index in [2.05, 4.69) is 16.5 Å². The van der Waals surface area contributed by atoms with Crippen LogP contribution in [0.15, 0.2) is 12.3 Å². The molecule has 0 aromatic carbocycles. The van der Waals surface area contributed by atoms with Gasteiger partial charge in [-0.25, -0.2) is 9.59 Å². The normalized spacial score (nSPS) is 16.3. The Hall–Kier alpha value is -2.08. The number of hydrogen-bond donors (Lipinski definition) is 1. The first-order valence-corrected chi connectivity index (χ1v) is 8.72. The van der Waals surface area contributed by atoms with Crippen molar-refractivity contribution in [1.29, 1.82) is 0 Å². The molecule has 26 heavy (non-hydrogen) atoms. The van der Waals surface area contributed by atoms with Gasteiger partial charge in [0, 0.05) is 44.4 Å². The monoisotopic (exact) mass is 370 g/mol. The lowest BCUT2D eigenvalue weighted by Crippen LogP contribution is -2.32. The molecule has 0 spiro atoms. The number of carbonyl (C=O) groups excluding carboxylic acids is 2. The van der Waals surface area contributed by atoms with Gasteiger partial charge in [0.1, 0.15) is 0 Å². The second kappa shape index (κ2) is 17.7. The second-order valence-electron chi connectivity index (χ2n) is 4.94. The lowest BCUT2D eigenvalue weighted by molar-refractivity contribution is -0.137. The fourth-order valence-corrected chi connectivity index (χ4v) is 1.77. The molecule has 0 bridgehead atoms. The van der Waals surface area contributed by atoms with Crippen LogP contribution >= 0.6 is 0 Å². The van der Waals surface area contributed by atoms with Gasteiger partial charge in [0.25, 0.3) is 0 Å². The lowest BCUT2D eigenvalue weighted by atomic mass is 10.4. The number of morpholine rings is 2. The van der Waals surface area contributed by atoms with Gasteiger partial charge in [-0.05, 0) is 13.8 Å². The summed E-state index contributed by atoms with van der Waals surface area (Å²) < 4.78 is 19.2. The molecule has 8 heteroatoms. The molecule has 2 saturated heterocycles. The molecule has 0 aromatic rings. The lowest BCUT2D eigenvalue weighted by Gasteiger charge is -2.24. The van der Waals surface area contributed by atoms with Crippen LogP contribution in [-0.2, 0) is 28.5 Å². The summed E-state index contributed by atoms with van der Waals surface area (Å²) in [5.41, 5.74) is 0. The smallest absolute Gasteiger partial charge is 0.384 e. The summed E-state index contributed by atoms with van der Waals surface area (Å²) in [6.45, 7) is 11.2. The van der Waals surface area contributed by atoms with Gasteiger partial charge in [0.15, 0.2) is 0 Å². The van der Waals surface area contributed by atoms with E-state index in [0.29, 0.717) is 13.2 Å². The minimum atomic E-state index is -0.595. The van der Waals surface area contributed by atoms with Gasteiger partial charge in [-0.2, -0.15) is 0 Å². The Balaban J connectivity index is 0.000000404. The Morgan fingerprint density at radius 3 is 2.04 bits per heavy atom. The Kier molecular flexibility index (Phi) is 16.3. The highest BCUT2D eigenvalue weighted by atomic mass is 16.5. The number of ether oxygens (including phenoxy) is 4. The molecule has 1 N–H and O–H groups in total. The summed E-state index contributed by atoms with van der Waals surface area (Å²) >= 11 is 0. The summed E-state index contributed by atoms with van der Waals surface area (Å²) in [6.07, 6.45) is 7.85. The fourth-order valence-electron chi connectivity index (χ4n) is 1.77. The molecule has 0 aromatic heterocycles. The van der Waals surface area contributed by atoms with E-state index >= 15 is 0 Å². The average molecular weight is 370 g/mol. The first-order valence-electron chi connectivity index (χ1n) is 8.72. The predicted octanol–water partition coefficient (Wildman–Crippen LogP) is 0.184. The van der Waals surface area contributed by atoms with Crippen LogP contribution in [0.25, 0.3) is 0 Å². The number of terminal acetylenes is 1. The summed E-state index contributed by atoms with van der Waals surface area (Å²) in [5, 5.41) is 3.16. The first-order chi connectivity index (χ1) is 12.6. The summed E-state index contributed by atoms with van der Waals surface area (Å²) in [4.78, 5) is 22.9. The van der Waals surface area contributed by atoms with Crippen molar-refractivity contribution in [2.45, 2.75) is 13.8 Å². The Bertz CT molecular complexity index is 426. The third-order valence-electron chi connectivity index (χ3n) is 2.99. The maximum Gasteiger partial charge on any atom is 0.384 e. The van der Waals surface area contributed by atoms with E-state index in [1.165, 1.54) is 6.08 Å². The second-order valence-corrected chi connectivity index (χ2v) is 4.94. The number of esters is 2. The zero-order chi connectivity index (χ0) is 19.5. The third kappa shape index (κ3) is 15.4. The summed E-state index contributed by atoms with van der Waals surface area (Å²) in [6, 6.07) is 0. The van der Waals surface area contributed by atoms with Crippen molar-refractivity contribution in [1.82, 2.24) is 10.2 Å². The van der Waals surface area contributed by atoms with Crippen molar-refractivity contribution in [3.63, 3.8) is 0 Å². The number of carbonyl (C=O) groups is 2. The van der Waals surface area contributed by atoms with Crippen molar-refractivity contribution in [3.05, 3.63) is 12.3 Å². The summed E-state index contributed by atoms with van der Waals surface area (Å²) in [7, 11) is 0. The van der Waals surface area contributed by atoms with E-state index in [1.807, 2.05) is 4.90 Å². The molecule has 0 aliphatic carbocycles. The molecule has 2 aliphatic rings. The quantitative estimate of drug-likeness (QED) is 0.325. The van der Waals surface area contributed by atoms with Crippen LogP contribution in [0.2, 0.25) is 0 Å². The van der Waals surface area contributed by atoms with Gasteiger partial charge >= 0.3 is 11.9 Å². The van der Waals surface area contributed by atoms with Crippen LogP contribution in [0.5, 0.6) is 0 Å². The molecule has 2 rings (SSSR count). The van der Waals surface area contributed by atoms with E-state index in [-0.39, 0.29) is 5.97 Å². The maximum absolute atomic E-state index is 10.9. The molecule has 2 heterocycles. The van der Waals surface area contributed by atoms with E-state index in [9.17, 15) is 9.59 Å². The standard InChI is InChI=1S/C9H15NO3.C5H6O2.C4H9NO/c1-2-13-9(11)3-4-10-5-7-12-8-6-10;1-3-5(6)7-4-2;1-3-6-4-2-5-1/h3-4H,2,5-8H2,1H3;1H,4H2,2H3;5H,1-4H2/b4-3+;;. The maximum atomic E-state index is 10.9. The minimum absolute atomic E-state index is 0.283. The largest absolute Gasteiger partial charge is 0.463 e. The third-order valence-corrected chi connectivity index (χ3v) is 2.99. The van der Waals surface area contributed by atoms with Crippen LogP contribution in [0, 0.1) is 12.3 Å². The van der Waals surface area contributed by atoms with Crippen molar-refractivity contribution >= 4 is 11.9 Å². The average Bonchev–Trinajstić information content (AvgIpc) is 2.70. The molecular formula is C18H30N2O6. The topological polar surface area (TPSA) is 86.3 Å². The Labute approximate surface area is 155 Å². The summed E-state index contributed by atoms with van der Waals surface area (Å²) in [5.74, 6) is 0.926. The molecule has 2 aliphatic heterocycles. The van der Waals surface area contributed by atoms with Crippen LogP contribution in [0.1, 0.15) is 13.8 Å². The zero-order valence-corrected chi connectivity index (χ0v) is 15.7. The van der Waals surface area contributed by atoms with Gasteiger partial charge in [-0.1, -0.05) is 0 Å². The van der Waals surface area contributed by atoms with Crippen molar-refractivity contribution in [2.75, 3.05) is 65.8 Å². The molecule has 2 fully saturated rings. The van der Waals surface area contributed by atoms with Crippen LogP contribution in [-0.4, -0.2) is 82.7 Å². The highest BCUT2D eigenvalue weighted by Crippen LogP contribution is 1.97. The Morgan fingerprint density at radius 1 is 1.08 bits per heavy atom. The number of rotatable bonds is 4. The van der Waals surface area contributed by atoms with Gasteiger partial charge in [-0.3, -0.25) is 0 Å².